The van der Waals surface area contributed by atoms with Gasteiger partial charge >= 0.3 is 5.97 Å². The molecule has 2 atom stereocenters. The fourth-order valence-corrected chi connectivity index (χ4v) is 5.47. The first kappa shape index (κ1) is 24.6. The van der Waals surface area contributed by atoms with Gasteiger partial charge in [-0.25, -0.2) is 22.9 Å². The van der Waals surface area contributed by atoms with Gasteiger partial charge in [-0.2, -0.15) is 0 Å². The Labute approximate surface area is 205 Å². The van der Waals surface area contributed by atoms with Gasteiger partial charge in [0.15, 0.2) is 5.54 Å². The molecule has 0 fully saturated rings. The Morgan fingerprint density at radius 1 is 0.943 bits per heavy atom. The van der Waals surface area contributed by atoms with Crippen LogP contribution < -0.4 is 9.46 Å². The SMILES string of the molecule is COc1ccccc1C(NS(=O)(=O)c1ccc(C)cc1)[C@@]1(C(C)C)N=C(c2ccccc2)OC1=O. The van der Waals surface area contributed by atoms with E-state index in [1.807, 2.05) is 39.0 Å². The number of ether oxygens (including phenoxy) is 2. The van der Waals surface area contributed by atoms with Crippen molar-refractivity contribution in [3.63, 3.8) is 0 Å². The maximum atomic E-state index is 13.6. The van der Waals surface area contributed by atoms with Crippen LogP contribution in [0.15, 0.2) is 88.8 Å². The quantitative estimate of drug-likeness (QED) is 0.470. The maximum Gasteiger partial charge on any atom is 0.343 e. The number of benzene rings is 3. The normalized spacial score (nSPS) is 18.8. The molecule has 0 amide bonds. The van der Waals surface area contributed by atoms with E-state index in [9.17, 15) is 13.2 Å². The summed E-state index contributed by atoms with van der Waals surface area (Å²) in [5, 5.41) is 0. The average molecular weight is 493 g/mol. The third-order valence-electron chi connectivity index (χ3n) is 6.20. The van der Waals surface area contributed by atoms with Gasteiger partial charge in [0.05, 0.1) is 18.0 Å². The summed E-state index contributed by atoms with van der Waals surface area (Å²) in [6.07, 6.45) is 0. The van der Waals surface area contributed by atoms with E-state index < -0.39 is 33.5 Å². The summed E-state index contributed by atoms with van der Waals surface area (Å²) in [6, 6.07) is 21.5. The molecule has 3 aromatic carbocycles. The van der Waals surface area contributed by atoms with Crippen molar-refractivity contribution in [2.24, 2.45) is 10.9 Å². The van der Waals surface area contributed by atoms with Crippen LogP contribution in [0.2, 0.25) is 0 Å². The molecule has 35 heavy (non-hydrogen) atoms. The number of hydrogen-bond donors (Lipinski definition) is 1. The average Bonchev–Trinajstić information content (AvgIpc) is 3.21. The number of nitrogens with one attached hydrogen (secondary N) is 1. The highest BCUT2D eigenvalue weighted by Gasteiger charge is 2.56. The topological polar surface area (TPSA) is 94.1 Å². The van der Waals surface area contributed by atoms with Crippen LogP contribution in [0.5, 0.6) is 5.75 Å². The summed E-state index contributed by atoms with van der Waals surface area (Å²) in [6.45, 7) is 5.52. The van der Waals surface area contributed by atoms with Gasteiger partial charge in [-0.1, -0.05) is 67.9 Å². The number of methoxy groups -OCH3 is 1. The number of carbonyl (C=O) groups is 1. The lowest BCUT2D eigenvalue weighted by molar-refractivity contribution is -0.141. The Balaban J connectivity index is 1.92. The summed E-state index contributed by atoms with van der Waals surface area (Å²) in [5.74, 6) is -0.472. The van der Waals surface area contributed by atoms with Crippen molar-refractivity contribution in [1.29, 1.82) is 0 Å². The fraction of sp³-hybridized carbons (Fsp3) is 0.259. The Morgan fingerprint density at radius 3 is 2.20 bits per heavy atom. The Morgan fingerprint density at radius 2 is 1.57 bits per heavy atom. The lowest BCUT2D eigenvalue weighted by Crippen LogP contribution is -2.52. The van der Waals surface area contributed by atoms with Crippen LogP contribution in [0.1, 0.15) is 36.6 Å². The van der Waals surface area contributed by atoms with Crippen LogP contribution in [0.3, 0.4) is 0 Å². The molecule has 182 valence electrons. The summed E-state index contributed by atoms with van der Waals surface area (Å²) >= 11 is 0. The second-order valence-electron chi connectivity index (χ2n) is 8.76. The number of hydrogen-bond acceptors (Lipinski definition) is 6. The van der Waals surface area contributed by atoms with Gasteiger partial charge in [-0.05, 0) is 43.2 Å². The highest BCUT2D eigenvalue weighted by atomic mass is 32.2. The number of carbonyl (C=O) groups excluding carboxylic acids is 1. The van der Waals surface area contributed by atoms with Crippen molar-refractivity contribution in [2.75, 3.05) is 7.11 Å². The number of aliphatic imine (C=N–C) groups is 1. The Kier molecular flexibility index (Phi) is 6.78. The van der Waals surface area contributed by atoms with E-state index in [1.165, 1.54) is 19.2 Å². The molecule has 0 radical (unpaired) electrons. The van der Waals surface area contributed by atoms with E-state index in [-0.39, 0.29) is 10.8 Å². The first-order valence-electron chi connectivity index (χ1n) is 11.3. The fourth-order valence-electron chi connectivity index (χ4n) is 4.23. The number of aryl methyl sites for hydroxylation is 1. The van der Waals surface area contributed by atoms with Crippen LogP contribution in [0.4, 0.5) is 0 Å². The summed E-state index contributed by atoms with van der Waals surface area (Å²) in [5.41, 5.74) is 0.468. The molecule has 1 N–H and O–H groups in total. The molecule has 0 saturated carbocycles. The number of esters is 1. The smallest absolute Gasteiger partial charge is 0.343 e. The van der Waals surface area contributed by atoms with Crippen molar-refractivity contribution >= 4 is 21.9 Å². The van der Waals surface area contributed by atoms with Crippen molar-refractivity contribution < 1.29 is 22.7 Å². The Bertz CT molecular complexity index is 1350. The third-order valence-corrected chi connectivity index (χ3v) is 7.64. The molecule has 1 heterocycles. The standard InChI is InChI=1S/C27H28N2O5S/c1-18(2)27(26(30)34-25(28-27)20-10-6-5-7-11-20)24(22-12-8-9-13-23(22)33-4)29-35(31,32)21-16-14-19(3)15-17-21/h5-18,24,29H,1-4H3/t24?,27-/m1/s1. The van der Waals surface area contributed by atoms with Gasteiger partial charge in [0.25, 0.3) is 0 Å². The largest absolute Gasteiger partial charge is 0.496 e. The Hall–Kier alpha value is -3.49. The van der Waals surface area contributed by atoms with E-state index in [2.05, 4.69) is 4.72 Å². The number of cyclic esters (lactones) is 1. The monoisotopic (exact) mass is 492 g/mol. The van der Waals surface area contributed by atoms with Gasteiger partial charge in [-0.15, -0.1) is 0 Å². The van der Waals surface area contributed by atoms with Gasteiger partial charge in [0, 0.05) is 11.1 Å². The molecular weight excluding hydrogens is 464 g/mol. The van der Waals surface area contributed by atoms with Gasteiger partial charge in [0.2, 0.25) is 15.9 Å². The highest BCUT2D eigenvalue weighted by Crippen LogP contribution is 2.44. The van der Waals surface area contributed by atoms with E-state index in [0.717, 1.165) is 5.56 Å². The highest BCUT2D eigenvalue weighted by molar-refractivity contribution is 7.89. The van der Waals surface area contributed by atoms with Crippen molar-refractivity contribution in [1.82, 2.24) is 4.72 Å². The minimum absolute atomic E-state index is 0.0838. The molecular formula is C27H28N2O5S. The molecule has 0 aliphatic carbocycles. The molecule has 7 nitrogen and oxygen atoms in total. The molecule has 4 rings (SSSR count). The van der Waals surface area contributed by atoms with E-state index in [0.29, 0.717) is 16.9 Å². The van der Waals surface area contributed by atoms with E-state index in [1.54, 1.807) is 48.5 Å². The van der Waals surface area contributed by atoms with Gasteiger partial charge < -0.3 is 9.47 Å². The lowest BCUT2D eigenvalue weighted by atomic mass is 9.77. The molecule has 3 aromatic rings. The molecule has 0 saturated heterocycles. The van der Waals surface area contributed by atoms with Crippen LogP contribution in [0, 0.1) is 12.8 Å². The molecule has 1 aliphatic heterocycles. The lowest BCUT2D eigenvalue weighted by Gasteiger charge is -2.36. The van der Waals surface area contributed by atoms with E-state index in [4.69, 9.17) is 14.5 Å². The predicted octanol–water partition coefficient (Wildman–Crippen LogP) is 4.42. The van der Waals surface area contributed by atoms with Crippen molar-refractivity contribution in [3.05, 3.63) is 95.6 Å². The van der Waals surface area contributed by atoms with Crippen LogP contribution in [-0.4, -0.2) is 32.9 Å². The summed E-state index contributed by atoms with van der Waals surface area (Å²) < 4.78 is 41.1. The summed E-state index contributed by atoms with van der Waals surface area (Å²) in [4.78, 5) is 18.5. The second kappa shape index (κ2) is 9.64. The molecule has 8 heteroatoms. The number of nitrogens with zero attached hydrogens (tertiary/aromatic N) is 1. The minimum atomic E-state index is -4.05. The van der Waals surface area contributed by atoms with Gasteiger partial charge in [0.1, 0.15) is 5.75 Å². The molecule has 1 unspecified atom stereocenters. The van der Waals surface area contributed by atoms with Crippen molar-refractivity contribution in [3.8, 4) is 5.75 Å². The molecule has 0 aromatic heterocycles. The number of sulfonamides is 1. The van der Waals surface area contributed by atoms with Crippen LogP contribution >= 0.6 is 0 Å². The first-order valence-corrected chi connectivity index (χ1v) is 12.8. The van der Waals surface area contributed by atoms with E-state index >= 15 is 0 Å². The zero-order chi connectivity index (χ0) is 25.2. The second-order valence-corrected chi connectivity index (χ2v) is 10.5. The van der Waals surface area contributed by atoms with Crippen molar-refractivity contribution in [2.45, 2.75) is 37.2 Å². The zero-order valence-electron chi connectivity index (χ0n) is 20.1. The third kappa shape index (κ3) is 4.59. The number of rotatable bonds is 8. The predicted molar refractivity (Wildman–Crippen MR) is 134 cm³/mol. The van der Waals surface area contributed by atoms with Gasteiger partial charge in [-0.3, -0.25) is 0 Å². The van der Waals surface area contributed by atoms with Crippen LogP contribution in [-0.2, 0) is 19.6 Å². The molecule has 1 aliphatic rings. The maximum absolute atomic E-state index is 13.6. The number of para-hydroxylation sites is 1. The van der Waals surface area contributed by atoms with Crippen LogP contribution in [0.25, 0.3) is 0 Å². The summed E-state index contributed by atoms with van der Waals surface area (Å²) in [7, 11) is -2.55. The minimum Gasteiger partial charge on any atom is -0.496 e. The first-order chi connectivity index (χ1) is 16.7. The zero-order valence-corrected chi connectivity index (χ0v) is 20.9. The molecule has 0 spiro atoms. The molecule has 0 bridgehead atoms.